The summed E-state index contributed by atoms with van der Waals surface area (Å²) in [7, 11) is 0. The van der Waals surface area contributed by atoms with Gasteiger partial charge in [-0.3, -0.25) is 9.59 Å². The maximum Gasteiger partial charge on any atom is 0.290 e. The molecule has 3 aromatic rings. The van der Waals surface area contributed by atoms with Gasteiger partial charge in [0.2, 0.25) is 5.91 Å². The Kier molecular flexibility index (Phi) is 6.97. The van der Waals surface area contributed by atoms with E-state index in [0.29, 0.717) is 29.7 Å². The summed E-state index contributed by atoms with van der Waals surface area (Å²) in [5.74, 6) is -0.254. The Hall–Kier alpha value is -2.32. The first-order valence-corrected chi connectivity index (χ1v) is 12.9. The number of benzene rings is 1. The van der Waals surface area contributed by atoms with E-state index in [0.717, 1.165) is 30.4 Å². The summed E-state index contributed by atoms with van der Waals surface area (Å²) in [6.07, 6.45) is 3.95. The SMILES string of the molecule is O=C(c1ccco1)N(CC(=O)N1CCc2sccc2C1c1ccc(Cl)cc1Cl)CC1CCCO1. The van der Waals surface area contributed by atoms with E-state index in [1.165, 1.54) is 11.1 Å². The summed E-state index contributed by atoms with van der Waals surface area (Å²) in [5.41, 5.74) is 1.89. The molecule has 2 unspecified atom stereocenters. The third-order valence-electron chi connectivity index (χ3n) is 6.34. The standard InChI is InChI=1S/C25H24Cl2N2O4S/c26-16-5-6-18(20(27)13-16)24-19-8-12-34-22(19)7-9-29(24)23(30)15-28(14-17-3-1-10-32-17)25(31)21-4-2-11-33-21/h2,4-6,8,11-13,17,24H,1,3,7,9-10,14-15H2. The molecule has 34 heavy (non-hydrogen) atoms. The first-order chi connectivity index (χ1) is 16.5. The predicted octanol–water partition coefficient (Wildman–Crippen LogP) is 5.44. The molecule has 2 amide bonds. The summed E-state index contributed by atoms with van der Waals surface area (Å²) in [5, 5.41) is 3.09. The van der Waals surface area contributed by atoms with Crippen molar-refractivity contribution in [2.75, 3.05) is 26.2 Å². The van der Waals surface area contributed by atoms with Crippen LogP contribution in [-0.2, 0) is 16.0 Å². The van der Waals surface area contributed by atoms with Crippen LogP contribution in [0.4, 0.5) is 0 Å². The van der Waals surface area contributed by atoms with Crippen molar-refractivity contribution >= 4 is 46.4 Å². The topological polar surface area (TPSA) is 63.0 Å². The number of hydrogen-bond acceptors (Lipinski definition) is 5. The molecule has 0 spiro atoms. The summed E-state index contributed by atoms with van der Waals surface area (Å²) in [4.78, 5) is 31.5. The molecule has 4 heterocycles. The van der Waals surface area contributed by atoms with Crippen LogP contribution in [0, 0.1) is 0 Å². The van der Waals surface area contributed by atoms with Crippen LogP contribution in [0.15, 0.2) is 52.5 Å². The zero-order valence-electron chi connectivity index (χ0n) is 18.4. The molecule has 0 N–H and O–H groups in total. The third kappa shape index (κ3) is 4.75. The highest BCUT2D eigenvalue weighted by Gasteiger charge is 2.36. The number of nitrogens with zero attached hydrogens (tertiary/aromatic N) is 2. The Morgan fingerprint density at radius 2 is 2.06 bits per heavy atom. The fourth-order valence-electron chi connectivity index (χ4n) is 4.71. The van der Waals surface area contributed by atoms with Crippen LogP contribution < -0.4 is 0 Å². The number of rotatable bonds is 6. The van der Waals surface area contributed by atoms with Crippen molar-refractivity contribution < 1.29 is 18.7 Å². The van der Waals surface area contributed by atoms with Crippen LogP contribution >= 0.6 is 34.5 Å². The van der Waals surface area contributed by atoms with Crippen molar-refractivity contribution in [3.05, 3.63) is 79.9 Å². The molecule has 0 bridgehead atoms. The lowest BCUT2D eigenvalue weighted by Crippen LogP contribution is -2.48. The normalized spacial score (nSPS) is 19.8. The smallest absolute Gasteiger partial charge is 0.290 e. The Morgan fingerprint density at radius 1 is 1.18 bits per heavy atom. The molecular weight excluding hydrogens is 495 g/mol. The number of fused-ring (bicyclic) bond motifs is 1. The Bertz CT molecular complexity index is 1170. The second-order valence-electron chi connectivity index (χ2n) is 8.50. The molecule has 0 radical (unpaired) electrons. The van der Waals surface area contributed by atoms with Gasteiger partial charge >= 0.3 is 0 Å². The van der Waals surface area contributed by atoms with Gasteiger partial charge in [0.1, 0.15) is 6.54 Å². The molecule has 2 aliphatic heterocycles. The van der Waals surface area contributed by atoms with Gasteiger partial charge in [-0.1, -0.05) is 29.3 Å². The number of thiophene rings is 1. The van der Waals surface area contributed by atoms with Gasteiger partial charge in [-0.2, -0.15) is 0 Å². The van der Waals surface area contributed by atoms with Crippen LogP contribution in [-0.4, -0.2) is 54.0 Å². The van der Waals surface area contributed by atoms with Gasteiger partial charge in [-0.05, 0) is 66.1 Å². The van der Waals surface area contributed by atoms with Crippen molar-refractivity contribution in [3.8, 4) is 0 Å². The highest BCUT2D eigenvalue weighted by molar-refractivity contribution is 7.10. The maximum atomic E-state index is 13.7. The second-order valence-corrected chi connectivity index (χ2v) is 10.3. The number of furan rings is 1. The first-order valence-electron chi connectivity index (χ1n) is 11.3. The highest BCUT2D eigenvalue weighted by atomic mass is 35.5. The Balaban J connectivity index is 1.44. The fraction of sp³-hybridized carbons (Fsp3) is 0.360. The average molecular weight is 519 g/mol. The minimum Gasteiger partial charge on any atom is -0.459 e. The maximum absolute atomic E-state index is 13.7. The van der Waals surface area contributed by atoms with Crippen molar-refractivity contribution in [1.82, 2.24) is 9.80 Å². The zero-order valence-corrected chi connectivity index (χ0v) is 20.7. The van der Waals surface area contributed by atoms with Crippen molar-refractivity contribution in [3.63, 3.8) is 0 Å². The van der Waals surface area contributed by atoms with Crippen LogP contribution in [0.2, 0.25) is 10.0 Å². The molecule has 2 aromatic heterocycles. The molecule has 2 atom stereocenters. The van der Waals surface area contributed by atoms with E-state index >= 15 is 0 Å². The molecule has 1 saturated heterocycles. The van der Waals surface area contributed by atoms with E-state index in [1.54, 1.807) is 40.5 Å². The third-order valence-corrected chi connectivity index (χ3v) is 7.90. The summed E-state index contributed by atoms with van der Waals surface area (Å²) < 4.78 is 11.1. The molecular formula is C25H24Cl2N2O4S. The van der Waals surface area contributed by atoms with Crippen LogP contribution in [0.5, 0.6) is 0 Å². The molecule has 2 aliphatic rings. The van der Waals surface area contributed by atoms with E-state index in [9.17, 15) is 9.59 Å². The number of hydrogen-bond donors (Lipinski definition) is 0. The van der Waals surface area contributed by atoms with E-state index in [4.69, 9.17) is 32.4 Å². The van der Waals surface area contributed by atoms with Gasteiger partial charge in [0.25, 0.3) is 5.91 Å². The lowest BCUT2D eigenvalue weighted by molar-refractivity contribution is -0.134. The summed E-state index contributed by atoms with van der Waals surface area (Å²) in [6, 6.07) is 10.4. The second kappa shape index (κ2) is 10.1. The lowest BCUT2D eigenvalue weighted by Gasteiger charge is -2.38. The first kappa shape index (κ1) is 23.4. The average Bonchev–Trinajstić information content (AvgIpc) is 3.60. The van der Waals surface area contributed by atoms with Crippen LogP contribution in [0.1, 0.15) is 45.4 Å². The molecule has 0 aliphatic carbocycles. The van der Waals surface area contributed by atoms with Gasteiger partial charge in [0.05, 0.1) is 18.4 Å². The van der Waals surface area contributed by atoms with Crippen LogP contribution in [0.3, 0.4) is 0 Å². The van der Waals surface area contributed by atoms with Gasteiger partial charge in [-0.15, -0.1) is 11.3 Å². The zero-order chi connectivity index (χ0) is 23.7. The molecule has 5 rings (SSSR count). The van der Waals surface area contributed by atoms with Gasteiger partial charge in [0, 0.05) is 34.6 Å². The summed E-state index contributed by atoms with van der Waals surface area (Å²) >= 11 is 14.4. The number of ether oxygens (including phenoxy) is 1. The van der Waals surface area contributed by atoms with Crippen molar-refractivity contribution in [2.45, 2.75) is 31.4 Å². The van der Waals surface area contributed by atoms with Gasteiger partial charge < -0.3 is 19.0 Å². The van der Waals surface area contributed by atoms with Gasteiger partial charge in [-0.25, -0.2) is 0 Å². The number of carbonyl (C=O) groups excluding carboxylic acids is 2. The largest absolute Gasteiger partial charge is 0.459 e. The molecule has 1 aromatic carbocycles. The number of amides is 2. The highest BCUT2D eigenvalue weighted by Crippen LogP contribution is 2.41. The minimum absolute atomic E-state index is 0.0689. The molecule has 0 saturated carbocycles. The molecule has 178 valence electrons. The summed E-state index contributed by atoms with van der Waals surface area (Å²) in [6.45, 7) is 1.49. The van der Waals surface area contributed by atoms with E-state index < -0.39 is 0 Å². The predicted molar refractivity (Wildman–Crippen MR) is 132 cm³/mol. The van der Waals surface area contributed by atoms with Gasteiger partial charge in [0.15, 0.2) is 5.76 Å². The molecule has 9 heteroatoms. The number of halogens is 2. The van der Waals surface area contributed by atoms with Crippen molar-refractivity contribution in [1.29, 1.82) is 0 Å². The minimum atomic E-state index is -0.337. The van der Waals surface area contributed by atoms with Crippen LogP contribution in [0.25, 0.3) is 0 Å². The van der Waals surface area contributed by atoms with E-state index in [2.05, 4.69) is 0 Å². The monoisotopic (exact) mass is 518 g/mol. The molecule has 6 nitrogen and oxygen atoms in total. The van der Waals surface area contributed by atoms with E-state index in [-0.39, 0.29) is 36.3 Å². The molecule has 1 fully saturated rings. The lowest BCUT2D eigenvalue weighted by atomic mass is 9.93. The fourth-order valence-corrected chi connectivity index (χ4v) is 6.12. The quantitative estimate of drug-likeness (QED) is 0.435. The Labute approximate surface area is 212 Å². The van der Waals surface area contributed by atoms with E-state index in [1.807, 2.05) is 22.4 Å². The number of carbonyl (C=O) groups is 2. The Morgan fingerprint density at radius 3 is 2.79 bits per heavy atom. The van der Waals surface area contributed by atoms with Crippen molar-refractivity contribution in [2.24, 2.45) is 0 Å².